The molecule has 0 atom stereocenters. The first-order chi connectivity index (χ1) is 10.3. The Bertz CT molecular complexity index is 812. The van der Waals surface area contributed by atoms with Crippen LogP contribution in [0.25, 0.3) is 10.8 Å². The summed E-state index contributed by atoms with van der Waals surface area (Å²) in [5.41, 5.74) is 3.59. The first-order valence-corrected chi connectivity index (χ1v) is 7.03. The van der Waals surface area contributed by atoms with Crippen molar-refractivity contribution < 1.29 is 9.47 Å². The lowest BCUT2D eigenvalue weighted by molar-refractivity contribution is 0.174. The number of hydrogen-bond acceptors (Lipinski definition) is 3. The van der Waals surface area contributed by atoms with E-state index in [1.807, 2.05) is 18.3 Å². The van der Waals surface area contributed by atoms with Crippen LogP contribution in [0.3, 0.4) is 0 Å². The van der Waals surface area contributed by atoms with E-state index in [4.69, 9.17) is 9.47 Å². The fourth-order valence-electron chi connectivity index (χ4n) is 2.79. The van der Waals surface area contributed by atoms with E-state index in [9.17, 15) is 0 Å². The molecule has 0 N–H and O–H groups in total. The summed E-state index contributed by atoms with van der Waals surface area (Å²) >= 11 is 0. The lowest BCUT2D eigenvalue weighted by Gasteiger charge is -2.10. The van der Waals surface area contributed by atoms with E-state index in [0.29, 0.717) is 6.79 Å². The van der Waals surface area contributed by atoms with Gasteiger partial charge in [0.15, 0.2) is 11.5 Å². The van der Waals surface area contributed by atoms with Gasteiger partial charge in [0.1, 0.15) is 0 Å². The van der Waals surface area contributed by atoms with Crippen LogP contribution in [0.5, 0.6) is 11.5 Å². The summed E-state index contributed by atoms with van der Waals surface area (Å²) in [6.45, 7) is 2.36. The quantitative estimate of drug-likeness (QED) is 0.712. The van der Waals surface area contributed by atoms with Crippen molar-refractivity contribution in [3.63, 3.8) is 0 Å². The molecule has 4 rings (SSSR count). The summed E-state index contributed by atoms with van der Waals surface area (Å²) < 4.78 is 11.0. The van der Waals surface area contributed by atoms with E-state index in [1.54, 1.807) is 0 Å². The monoisotopic (exact) mass is 277 g/mol. The molecule has 0 saturated carbocycles. The van der Waals surface area contributed by atoms with Crippen LogP contribution in [0.1, 0.15) is 16.8 Å². The summed E-state index contributed by atoms with van der Waals surface area (Å²) in [5.74, 6) is 1.63. The topological polar surface area (TPSA) is 31.4 Å². The SMILES string of the molecule is Cc1ncc2cc3c(cc2c1Cc1ccccc1)OCO3. The number of ether oxygens (including phenoxy) is 2. The summed E-state index contributed by atoms with van der Waals surface area (Å²) in [6, 6.07) is 14.5. The van der Waals surface area contributed by atoms with Crippen molar-refractivity contribution in [2.24, 2.45) is 0 Å². The number of aryl methyl sites for hydroxylation is 1. The molecule has 0 amide bonds. The molecule has 0 radical (unpaired) electrons. The lowest BCUT2D eigenvalue weighted by Crippen LogP contribution is -1.96. The first-order valence-electron chi connectivity index (χ1n) is 7.03. The van der Waals surface area contributed by atoms with Crippen molar-refractivity contribution in [1.82, 2.24) is 4.98 Å². The second kappa shape index (κ2) is 4.77. The van der Waals surface area contributed by atoms with E-state index in [2.05, 4.69) is 42.2 Å². The van der Waals surface area contributed by atoms with E-state index < -0.39 is 0 Å². The Labute approximate surface area is 123 Å². The Balaban J connectivity index is 1.89. The molecule has 3 nitrogen and oxygen atoms in total. The molecule has 3 aromatic rings. The highest BCUT2D eigenvalue weighted by atomic mass is 16.7. The molecule has 0 fully saturated rings. The predicted octanol–water partition coefficient (Wildman–Crippen LogP) is 3.86. The van der Waals surface area contributed by atoms with Crippen molar-refractivity contribution in [2.45, 2.75) is 13.3 Å². The zero-order valence-corrected chi connectivity index (χ0v) is 11.8. The maximum Gasteiger partial charge on any atom is 0.231 e. The Hall–Kier alpha value is -2.55. The van der Waals surface area contributed by atoms with Crippen LogP contribution >= 0.6 is 0 Å². The van der Waals surface area contributed by atoms with Crippen molar-refractivity contribution in [3.8, 4) is 11.5 Å². The molecule has 0 saturated heterocycles. The third-order valence-corrected chi connectivity index (χ3v) is 3.93. The van der Waals surface area contributed by atoms with E-state index in [-0.39, 0.29) is 0 Å². The summed E-state index contributed by atoms with van der Waals surface area (Å²) in [6.07, 6.45) is 2.78. The zero-order valence-electron chi connectivity index (χ0n) is 11.8. The maximum absolute atomic E-state index is 5.51. The highest BCUT2D eigenvalue weighted by molar-refractivity contribution is 5.89. The molecule has 0 spiro atoms. The van der Waals surface area contributed by atoms with Crippen molar-refractivity contribution in [3.05, 3.63) is 65.5 Å². The average molecular weight is 277 g/mol. The van der Waals surface area contributed by atoms with Crippen LogP contribution < -0.4 is 9.47 Å². The number of pyridine rings is 1. The number of nitrogens with zero attached hydrogens (tertiary/aromatic N) is 1. The van der Waals surface area contributed by atoms with Crippen LogP contribution in [-0.2, 0) is 6.42 Å². The molecule has 104 valence electrons. The average Bonchev–Trinajstić information content (AvgIpc) is 2.97. The first kappa shape index (κ1) is 12.2. The number of hydrogen-bond donors (Lipinski definition) is 0. The van der Waals surface area contributed by atoms with Gasteiger partial charge in [-0.25, -0.2) is 0 Å². The van der Waals surface area contributed by atoms with Gasteiger partial charge in [0.25, 0.3) is 0 Å². The normalized spacial score (nSPS) is 12.8. The molecular formula is C18H15NO2. The Morgan fingerprint density at radius 3 is 2.62 bits per heavy atom. The minimum absolute atomic E-state index is 0.298. The Morgan fingerprint density at radius 1 is 1.05 bits per heavy atom. The van der Waals surface area contributed by atoms with Gasteiger partial charge < -0.3 is 9.47 Å². The van der Waals surface area contributed by atoms with Crippen LogP contribution in [0.2, 0.25) is 0 Å². The van der Waals surface area contributed by atoms with Gasteiger partial charge in [0, 0.05) is 17.3 Å². The van der Waals surface area contributed by atoms with Gasteiger partial charge in [-0.05, 0) is 42.0 Å². The van der Waals surface area contributed by atoms with E-state index >= 15 is 0 Å². The zero-order chi connectivity index (χ0) is 14.2. The highest BCUT2D eigenvalue weighted by Crippen LogP contribution is 2.37. The molecule has 21 heavy (non-hydrogen) atoms. The van der Waals surface area contributed by atoms with Crippen LogP contribution in [0, 0.1) is 6.92 Å². The molecule has 1 aromatic heterocycles. The Morgan fingerprint density at radius 2 is 1.81 bits per heavy atom. The molecule has 1 aliphatic heterocycles. The second-order valence-corrected chi connectivity index (χ2v) is 5.28. The fourth-order valence-corrected chi connectivity index (χ4v) is 2.79. The maximum atomic E-state index is 5.51. The molecule has 0 unspecified atom stereocenters. The molecule has 1 aliphatic rings. The number of rotatable bonds is 2. The summed E-state index contributed by atoms with van der Waals surface area (Å²) in [4.78, 5) is 4.53. The van der Waals surface area contributed by atoms with Gasteiger partial charge in [0.05, 0.1) is 0 Å². The standard InChI is InChI=1S/C18H15NO2/c1-12-15(7-13-5-3-2-4-6-13)16-9-18-17(20-11-21-18)8-14(16)10-19-12/h2-6,8-10H,7,11H2,1H3. The molecule has 2 aromatic carbocycles. The third-order valence-electron chi connectivity index (χ3n) is 3.93. The van der Waals surface area contributed by atoms with E-state index in [0.717, 1.165) is 29.0 Å². The van der Waals surface area contributed by atoms with Crippen LogP contribution in [0.15, 0.2) is 48.7 Å². The van der Waals surface area contributed by atoms with Gasteiger partial charge >= 0.3 is 0 Å². The number of benzene rings is 2. The van der Waals surface area contributed by atoms with Crippen LogP contribution in [0.4, 0.5) is 0 Å². The molecule has 0 bridgehead atoms. The predicted molar refractivity (Wildman–Crippen MR) is 81.9 cm³/mol. The highest BCUT2D eigenvalue weighted by Gasteiger charge is 2.16. The van der Waals surface area contributed by atoms with Gasteiger partial charge in [0.2, 0.25) is 6.79 Å². The minimum Gasteiger partial charge on any atom is -0.454 e. The largest absolute Gasteiger partial charge is 0.454 e. The number of fused-ring (bicyclic) bond motifs is 2. The van der Waals surface area contributed by atoms with E-state index in [1.165, 1.54) is 16.5 Å². The molecular weight excluding hydrogens is 262 g/mol. The third kappa shape index (κ3) is 2.11. The van der Waals surface area contributed by atoms with Gasteiger partial charge in [-0.3, -0.25) is 4.98 Å². The van der Waals surface area contributed by atoms with Crippen molar-refractivity contribution >= 4 is 10.8 Å². The smallest absolute Gasteiger partial charge is 0.231 e. The molecule has 0 aliphatic carbocycles. The molecule has 3 heteroatoms. The number of aromatic nitrogens is 1. The van der Waals surface area contributed by atoms with Crippen molar-refractivity contribution in [2.75, 3.05) is 6.79 Å². The summed E-state index contributed by atoms with van der Waals surface area (Å²) in [5, 5.41) is 2.28. The molecule has 2 heterocycles. The Kier molecular flexibility index (Phi) is 2.78. The fraction of sp³-hybridized carbons (Fsp3) is 0.167. The second-order valence-electron chi connectivity index (χ2n) is 5.28. The van der Waals surface area contributed by atoms with Gasteiger partial charge in [-0.2, -0.15) is 0 Å². The van der Waals surface area contributed by atoms with Gasteiger partial charge in [-0.1, -0.05) is 30.3 Å². The minimum atomic E-state index is 0.298. The van der Waals surface area contributed by atoms with Crippen LogP contribution in [-0.4, -0.2) is 11.8 Å². The summed E-state index contributed by atoms with van der Waals surface area (Å²) in [7, 11) is 0. The van der Waals surface area contributed by atoms with Crippen molar-refractivity contribution in [1.29, 1.82) is 0 Å². The van der Waals surface area contributed by atoms with Gasteiger partial charge in [-0.15, -0.1) is 0 Å². The lowest BCUT2D eigenvalue weighted by atomic mass is 9.98.